The number of hydrogen-bond donors (Lipinski definition) is 3. The summed E-state index contributed by atoms with van der Waals surface area (Å²) in [5.41, 5.74) is 1.09. The second-order valence-electron chi connectivity index (χ2n) is 3.65. The topological polar surface area (TPSA) is 86.9 Å². The van der Waals surface area contributed by atoms with Gasteiger partial charge in [0.25, 0.3) is 0 Å². The zero-order valence-corrected chi connectivity index (χ0v) is 9.73. The molecule has 92 valence electrons. The molecule has 2 rings (SSSR count). The quantitative estimate of drug-likeness (QED) is 0.724. The van der Waals surface area contributed by atoms with Gasteiger partial charge in [0.05, 0.1) is 0 Å². The molecule has 0 fully saturated rings. The van der Waals surface area contributed by atoms with Gasteiger partial charge in [-0.1, -0.05) is 12.1 Å². The SMILES string of the molecule is CC(=O)c1cccc(NC(=O)Nc2ncc[nH]2)c1. The van der Waals surface area contributed by atoms with E-state index in [9.17, 15) is 9.59 Å². The minimum Gasteiger partial charge on any atom is -0.331 e. The number of H-pyrrole nitrogens is 1. The van der Waals surface area contributed by atoms with Crippen molar-refractivity contribution in [3.8, 4) is 0 Å². The van der Waals surface area contributed by atoms with Crippen molar-refractivity contribution in [2.75, 3.05) is 10.6 Å². The molecule has 18 heavy (non-hydrogen) atoms. The Labute approximate surface area is 103 Å². The molecule has 0 aliphatic rings. The van der Waals surface area contributed by atoms with Crippen molar-refractivity contribution in [1.29, 1.82) is 0 Å². The number of ketones is 1. The van der Waals surface area contributed by atoms with Gasteiger partial charge in [0.1, 0.15) is 0 Å². The molecular formula is C12H12N4O2. The van der Waals surface area contributed by atoms with Crippen LogP contribution in [0, 0.1) is 0 Å². The molecule has 0 aliphatic heterocycles. The van der Waals surface area contributed by atoms with Crippen LogP contribution in [-0.2, 0) is 0 Å². The van der Waals surface area contributed by atoms with Gasteiger partial charge in [-0.15, -0.1) is 0 Å². The van der Waals surface area contributed by atoms with Crippen molar-refractivity contribution in [3.63, 3.8) is 0 Å². The smallest absolute Gasteiger partial charge is 0.326 e. The number of nitrogens with one attached hydrogen (secondary N) is 3. The Morgan fingerprint density at radius 3 is 2.78 bits per heavy atom. The van der Waals surface area contributed by atoms with Gasteiger partial charge in [0, 0.05) is 23.6 Å². The highest BCUT2D eigenvalue weighted by Gasteiger charge is 2.05. The van der Waals surface area contributed by atoms with Crippen molar-refractivity contribution in [2.45, 2.75) is 6.92 Å². The summed E-state index contributed by atoms with van der Waals surface area (Å²) >= 11 is 0. The van der Waals surface area contributed by atoms with Crippen molar-refractivity contribution < 1.29 is 9.59 Å². The van der Waals surface area contributed by atoms with E-state index in [1.54, 1.807) is 30.5 Å². The third-order valence-corrected chi connectivity index (χ3v) is 2.26. The third-order valence-electron chi connectivity index (χ3n) is 2.26. The molecule has 0 aliphatic carbocycles. The first-order chi connectivity index (χ1) is 8.65. The first-order valence-electron chi connectivity index (χ1n) is 5.33. The summed E-state index contributed by atoms with van der Waals surface area (Å²) in [6, 6.07) is 6.29. The number of nitrogens with zero attached hydrogens (tertiary/aromatic N) is 1. The maximum atomic E-state index is 11.6. The van der Waals surface area contributed by atoms with Gasteiger partial charge in [-0.3, -0.25) is 10.1 Å². The van der Waals surface area contributed by atoms with Gasteiger partial charge in [-0.05, 0) is 19.1 Å². The Bertz CT molecular complexity index is 563. The Hall–Kier alpha value is -2.63. The predicted molar refractivity (Wildman–Crippen MR) is 67.7 cm³/mol. The van der Waals surface area contributed by atoms with Crippen molar-refractivity contribution in [2.24, 2.45) is 0 Å². The van der Waals surface area contributed by atoms with E-state index < -0.39 is 6.03 Å². The van der Waals surface area contributed by atoms with Crippen molar-refractivity contribution in [1.82, 2.24) is 9.97 Å². The van der Waals surface area contributed by atoms with E-state index in [2.05, 4.69) is 20.6 Å². The Morgan fingerprint density at radius 1 is 1.28 bits per heavy atom. The number of rotatable bonds is 3. The van der Waals surface area contributed by atoms with Crippen LogP contribution >= 0.6 is 0 Å². The van der Waals surface area contributed by atoms with Crippen LogP contribution in [0.4, 0.5) is 16.4 Å². The van der Waals surface area contributed by atoms with E-state index in [0.29, 0.717) is 17.2 Å². The van der Waals surface area contributed by atoms with E-state index in [1.807, 2.05) is 0 Å². The molecule has 6 heteroatoms. The number of carbonyl (C=O) groups excluding carboxylic acids is 2. The monoisotopic (exact) mass is 244 g/mol. The predicted octanol–water partition coefficient (Wildman–Crippen LogP) is 2.26. The molecular weight excluding hydrogens is 232 g/mol. The zero-order chi connectivity index (χ0) is 13.0. The molecule has 0 saturated heterocycles. The van der Waals surface area contributed by atoms with E-state index in [1.165, 1.54) is 13.1 Å². The summed E-state index contributed by atoms with van der Waals surface area (Å²) < 4.78 is 0. The second-order valence-corrected chi connectivity index (χ2v) is 3.65. The van der Waals surface area contributed by atoms with Gasteiger partial charge in [-0.2, -0.15) is 0 Å². The Balaban J connectivity index is 2.03. The Kier molecular flexibility index (Phi) is 3.38. The highest BCUT2D eigenvalue weighted by atomic mass is 16.2. The molecule has 1 aromatic heterocycles. The van der Waals surface area contributed by atoms with Crippen LogP contribution in [0.2, 0.25) is 0 Å². The van der Waals surface area contributed by atoms with E-state index in [4.69, 9.17) is 0 Å². The minimum absolute atomic E-state index is 0.0508. The van der Waals surface area contributed by atoms with E-state index >= 15 is 0 Å². The van der Waals surface area contributed by atoms with Gasteiger partial charge in [0.2, 0.25) is 5.95 Å². The lowest BCUT2D eigenvalue weighted by atomic mass is 10.1. The number of Topliss-reactive ketones (excluding diaryl/α,β-unsaturated/α-hetero) is 1. The summed E-state index contributed by atoms with van der Waals surface area (Å²) in [7, 11) is 0. The number of urea groups is 1. The summed E-state index contributed by atoms with van der Waals surface area (Å²) in [5, 5.41) is 5.13. The lowest BCUT2D eigenvalue weighted by Gasteiger charge is -2.06. The first kappa shape index (κ1) is 11.8. The summed E-state index contributed by atoms with van der Waals surface area (Å²) in [6.07, 6.45) is 3.14. The van der Waals surface area contributed by atoms with E-state index in [-0.39, 0.29) is 5.78 Å². The average molecular weight is 244 g/mol. The standard InChI is InChI=1S/C12H12N4O2/c1-8(17)9-3-2-4-10(7-9)15-12(18)16-11-13-5-6-14-11/h2-7H,1H3,(H3,13,14,15,16,18). The molecule has 3 N–H and O–H groups in total. The fourth-order valence-electron chi connectivity index (χ4n) is 1.42. The fourth-order valence-corrected chi connectivity index (χ4v) is 1.42. The largest absolute Gasteiger partial charge is 0.331 e. The molecule has 0 bridgehead atoms. The molecule has 0 saturated carbocycles. The van der Waals surface area contributed by atoms with Crippen LogP contribution in [0.5, 0.6) is 0 Å². The van der Waals surface area contributed by atoms with Gasteiger partial charge >= 0.3 is 6.03 Å². The highest BCUT2D eigenvalue weighted by Crippen LogP contribution is 2.11. The Morgan fingerprint density at radius 2 is 2.11 bits per heavy atom. The fraction of sp³-hybridized carbons (Fsp3) is 0.0833. The number of carbonyl (C=O) groups is 2. The molecule has 1 aromatic carbocycles. The average Bonchev–Trinajstić information content (AvgIpc) is 2.82. The molecule has 0 unspecified atom stereocenters. The molecule has 6 nitrogen and oxygen atoms in total. The van der Waals surface area contributed by atoms with Crippen LogP contribution in [-0.4, -0.2) is 21.8 Å². The van der Waals surface area contributed by atoms with Crippen LogP contribution < -0.4 is 10.6 Å². The summed E-state index contributed by atoms with van der Waals surface area (Å²) in [6.45, 7) is 1.47. The zero-order valence-electron chi connectivity index (χ0n) is 9.73. The number of benzene rings is 1. The molecule has 1 heterocycles. The van der Waals surface area contributed by atoms with Gasteiger partial charge in [0.15, 0.2) is 5.78 Å². The second kappa shape index (κ2) is 5.13. The van der Waals surface area contributed by atoms with Crippen LogP contribution in [0.15, 0.2) is 36.7 Å². The maximum Gasteiger partial charge on any atom is 0.326 e. The molecule has 2 aromatic rings. The van der Waals surface area contributed by atoms with Gasteiger partial charge < -0.3 is 10.3 Å². The number of imidazole rings is 1. The minimum atomic E-state index is -0.425. The van der Waals surface area contributed by atoms with Gasteiger partial charge in [-0.25, -0.2) is 9.78 Å². The molecule has 0 radical (unpaired) electrons. The lowest BCUT2D eigenvalue weighted by Crippen LogP contribution is -2.20. The maximum absolute atomic E-state index is 11.6. The van der Waals surface area contributed by atoms with Crippen LogP contribution in [0.1, 0.15) is 17.3 Å². The first-order valence-corrected chi connectivity index (χ1v) is 5.33. The lowest BCUT2D eigenvalue weighted by molar-refractivity contribution is 0.101. The molecule has 0 spiro atoms. The number of amides is 2. The van der Waals surface area contributed by atoms with Crippen LogP contribution in [0.25, 0.3) is 0 Å². The molecule has 2 amide bonds. The summed E-state index contributed by atoms with van der Waals surface area (Å²) in [5.74, 6) is 0.306. The van der Waals surface area contributed by atoms with Crippen molar-refractivity contribution in [3.05, 3.63) is 42.2 Å². The summed E-state index contributed by atoms with van der Waals surface area (Å²) in [4.78, 5) is 29.4. The number of anilines is 2. The van der Waals surface area contributed by atoms with Crippen LogP contribution in [0.3, 0.4) is 0 Å². The molecule has 0 atom stereocenters. The van der Waals surface area contributed by atoms with Crippen molar-refractivity contribution >= 4 is 23.5 Å². The number of aromatic amines is 1. The number of hydrogen-bond acceptors (Lipinski definition) is 3. The number of aromatic nitrogens is 2. The highest BCUT2D eigenvalue weighted by molar-refractivity contribution is 6.00. The normalized spacial score (nSPS) is 9.83. The third kappa shape index (κ3) is 2.94. The van der Waals surface area contributed by atoms with E-state index in [0.717, 1.165) is 0 Å².